The Bertz CT molecular complexity index is 1620. The zero-order chi connectivity index (χ0) is 32.3. The molecule has 1 aliphatic rings. The van der Waals surface area contributed by atoms with Crippen molar-refractivity contribution in [2.75, 3.05) is 20.3 Å². The average molecular weight is 637 g/mol. The van der Waals surface area contributed by atoms with Gasteiger partial charge in [0.25, 0.3) is 0 Å². The maximum absolute atomic E-state index is 13.0. The summed E-state index contributed by atoms with van der Waals surface area (Å²) in [6.45, 7) is 6.13. The van der Waals surface area contributed by atoms with Crippen molar-refractivity contribution in [3.63, 3.8) is 0 Å². The first-order valence-electron chi connectivity index (χ1n) is 13.4. The maximum atomic E-state index is 13.0. The summed E-state index contributed by atoms with van der Waals surface area (Å²) in [6.07, 6.45) is -0.0185. The van der Waals surface area contributed by atoms with Gasteiger partial charge in [0.1, 0.15) is 17.8 Å². The number of nitrogens with zero attached hydrogens (tertiary/aromatic N) is 2. The molecule has 0 radical (unpaired) electrons. The lowest BCUT2D eigenvalue weighted by Crippen LogP contribution is -2.46. The van der Waals surface area contributed by atoms with Gasteiger partial charge < -0.3 is 18.5 Å². The Morgan fingerprint density at radius 1 is 0.977 bits per heavy atom. The Hall–Kier alpha value is -4.30. The molecule has 0 fully saturated rings. The molecule has 0 unspecified atom stereocenters. The second-order valence-corrected chi connectivity index (χ2v) is 12.4. The number of carbonyl (C=O) groups is 2. The van der Waals surface area contributed by atoms with Gasteiger partial charge >= 0.3 is 27.7 Å². The first-order chi connectivity index (χ1) is 20.6. The summed E-state index contributed by atoms with van der Waals surface area (Å²) in [6, 6.07) is 18.0. The van der Waals surface area contributed by atoms with E-state index in [1.807, 2.05) is 30.3 Å². The van der Waals surface area contributed by atoms with Gasteiger partial charge in [0.2, 0.25) is 0 Å². The summed E-state index contributed by atoms with van der Waals surface area (Å²) < 4.78 is 76.9. The van der Waals surface area contributed by atoms with Crippen LogP contribution < -0.4 is 9.02 Å². The van der Waals surface area contributed by atoms with Crippen LogP contribution in [0.4, 0.5) is 18.0 Å². The maximum Gasteiger partial charge on any atom is 0.534 e. The molecule has 0 atom stereocenters. The van der Waals surface area contributed by atoms with Gasteiger partial charge in [-0.05, 0) is 73.7 Å². The van der Waals surface area contributed by atoms with E-state index in [1.165, 1.54) is 11.0 Å². The van der Waals surface area contributed by atoms with Crippen LogP contribution in [0.2, 0.25) is 0 Å². The van der Waals surface area contributed by atoms with Crippen LogP contribution >= 0.6 is 0 Å². The number of hydroxylamine groups is 2. The molecule has 0 bridgehead atoms. The second kappa shape index (κ2) is 12.7. The molecule has 1 amide bonds. The summed E-state index contributed by atoms with van der Waals surface area (Å²) >= 11 is 0. The van der Waals surface area contributed by atoms with Gasteiger partial charge in [0, 0.05) is 6.54 Å². The summed E-state index contributed by atoms with van der Waals surface area (Å²) in [4.78, 5) is 32.7. The predicted octanol–water partition coefficient (Wildman–Crippen LogP) is 5.92. The molecule has 0 saturated heterocycles. The number of carbonyl (C=O) groups excluding carboxylic acids is 2. The van der Waals surface area contributed by atoms with E-state index in [0.717, 1.165) is 30.4 Å². The minimum atomic E-state index is -6.05. The van der Waals surface area contributed by atoms with Crippen molar-refractivity contribution in [3.05, 3.63) is 83.4 Å². The highest BCUT2D eigenvalue weighted by atomic mass is 32.2. The van der Waals surface area contributed by atoms with Crippen molar-refractivity contribution in [2.24, 2.45) is 0 Å². The first-order valence-corrected chi connectivity index (χ1v) is 14.8. The molecule has 10 nitrogen and oxygen atoms in total. The van der Waals surface area contributed by atoms with Crippen LogP contribution in [-0.2, 0) is 32.6 Å². The van der Waals surface area contributed by atoms with E-state index in [0.29, 0.717) is 24.3 Å². The van der Waals surface area contributed by atoms with E-state index in [1.54, 1.807) is 44.0 Å². The number of alkyl halides is 3. The standard InChI is InChI=1S/C30H31F3N2O8S/c1-29(2,3)41-28(37)34(18-20-8-6-5-7-9-20)19-35-15-14-23-16-21(11-13-25(23)42-35)22-10-12-24(27(36)40-4)26(17-22)43-44(38,39)30(31,32)33/h5-13,16-17H,14-15,18-19H2,1-4H3. The molecule has 0 aromatic heterocycles. The minimum Gasteiger partial charge on any atom is -0.465 e. The predicted molar refractivity (Wildman–Crippen MR) is 153 cm³/mol. The molecule has 14 heteroatoms. The van der Waals surface area contributed by atoms with Crippen molar-refractivity contribution < 1.29 is 49.7 Å². The van der Waals surface area contributed by atoms with Gasteiger partial charge in [0.05, 0.1) is 13.7 Å². The Balaban J connectivity index is 1.56. The monoisotopic (exact) mass is 636 g/mol. The normalized spacial score (nSPS) is 13.8. The molecular weight excluding hydrogens is 605 g/mol. The number of hydrogen-bond donors (Lipinski definition) is 0. The first kappa shape index (κ1) is 32.6. The van der Waals surface area contributed by atoms with Crippen molar-refractivity contribution in [1.82, 2.24) is 9.96 Å². The largest absolute Gasteiger partial charge is 0.534 e. The minimum absolute atomic E-state index is 0.106. The van der Waals surface area contributed by atoms with E-state index in [2.05, 4.69) is 8.92 Å². The zero-order valence-corrected chi connectivity index (χ0v) is 25.2. The van der Waals surface area contributed by atoms with Crippen LogP contribution in [-0.4, -0.2) is 61.9 Å². The van der Waals surface area contributed by atoms with Crippen LogP contribution in [0.15, 0.2) is 66.7 Å². The van der Waals surface area contributed by atoms with E-state index in [9.17, 15) is 31.2 Å². The van der Waals surface area contributed by atoms with E-state index in [4.69, 9.17) is 9.57 Å². The number of halogens is 3. The van der Waals surface area contributed by atoms with E-state index >= 15 is 0 Å². The highest BCUT2D eigenvalue weighted by Crippen LogP contribution is 2.35. The molecule has 3 aromatic rings. The SMILES string of the molecule is COC(=O)c1ccc(-c2ccc3c(c2)CCN(CN(Cc2ccccc2)C(=O)OC(C)(C)C)O3)cc1OS(=O)(=O)C(F)(F)F. The zero-order valence-electron chi connectivity index (χ0n) is 24.4. The fourth-order valence-electron chi connectivity index (χ4n) is 4.28. The smallest absolute Gasteiger partial charge is 0.465 e. The molecule has 0 saturated carbocycles. The Kier molecular flexibility index (Phi) is 9.44. The number of fused-ring (bicyclic) bond motifs is 1. The molecule has 236 valence electrons. The van der Waals surface area contributed by atoms with Crippen LogP contribution in [0, 0.1) is 0 Å². The number of ether oxygens (including phenoxy) is 2. The van der Waals surface area contributed by atoms with Gasteiger partial charge in [-0.25, -0.2) is 9.59 Å². The quantitative estimate of drug-likeness (QED) is 0.169. The molecule has 44 heavy (non-hydrogen) atoms. The Morgan fingerprint density at radius 2 is 1.64 bits per heavy atom. The van der Waals surface area contributed by atoms with Crippen LogP contribution in [0.3, 0.4) is 0 Å². The van der Waals surface area contributed by atoms with Gasteiger partial charge in [-0.3, -0.25) is 4.90 Å². The number of rotatable bonds is 8. The molecule has 1 heterocycles. The lowest BCUT2D eigenvalue weighted by atomic mass is 9.99. The highest BCUT2D eigenvalue weighted by molar-refractivity contribution is 7.88. The molecule has 0 spiro atoms. The topological polar surface area (TPSA) is 112 Å². The van der Waals surface area contributed by atoms with Crippen LogP contribution in [0.25, 0.3) is 11.1 Å². The third-order valence-corrected chi connectivity index (χ3v) is 7.28. The summed E-state index contributed by atoms with van der Waals surface area (Å²) in [5.74, 6) is -1.41. The van der Waals surface area contributed by atoms with Crippen LogP contribution in [0.1, 0.15) is 42.3 Å². The molecular formula is C30H31F3N2O8S. The highest BCUT2D eigenvalue weighted by Gasteiger charge is 2.49. The summed E-state index contributed by atoms with van der Waals surface area (Å²) in [5, 5.41) is 1.62. The van der Waals surface area contributed by atoms with Crippen molar-refractivity contribution >= 4 is 22.2 Å². The van der Waals surface area contributed by atoms with E-state index in [-0.39, 0.29) is 18.8 Å². The molecule has 0 aliphatic carbocycles. The number of methoxy groups -OCH3 is 1. The lowest BCUT2D eigenvalue weighted by molar-refractivity contribution is -0.106. The number of amides is 1. The lowest BCUT2D eigenvalue weighted by Gasteiger charge is -2.34. The second-order valence-electron chi connectivity index (χ2n) is 10.9. The summed E-state index contributed by atoms with van der Waals surface area (Å²) in [5.41, 5.74) is -4.44. The number of hydrogen-bond acceptors (Lipinski definition) is 9. The molecule has 1 aliphatic heterocycles. The van der Waals surface area contributed by atoms with Gasteiger partial charge in [-0.15, -0.1) is 5.06 Å². The molecule has 3 aromatic carbocycles. The van der Waals surface area contributed by atoms with Gasteiger partial charge in [0.15, 0.2) is 11.5 Å². The summed E-state index contributed by atoms with van der Waals surface area (Å²) in [7, 11) is -5.05. The number of benzene rings is 3. The third-order valence-electron chi connectivity index (χ3n) is 6.32. The molecule has 0 N–H and O–H groups in total. The number of esters is 1. The van der Waals surface area contributed by atoms with Gasteiger partial charge in [-0.1, -0.05) is 42.5 Å². The Morgan fingerprint density at radius 3 is 2.27 bits per heavy atom. The average Bonchev–Trinajstić information content (AvgIpc) is 2.95. The third kappa shape index (κ3) is 7.99. The van der Waals surface area contributed by atoms with Crippen molar-refractivity contribution in [3.8, 4) is 22.6 Å². The fraction of sp³-hybridized carbons (Fsp3) is 0.333. The van der Waals surface area contributed by atoms with Crippen molar-refractivity contribution in [1.29, 1.82) is 0 Å². The Labute approximate surface area is 253 Å². The van der Waals surface area contributed by atoms with Gasteiger partial charge in [-0.2, -0.15) is 21.6 Å². The van der Waals surface area contributed by atoms with Crippen LogP contribution in [0.5, 0.6) is 11.5 Å². The molecule has 4 rings (SSSR count). The van der Waals surface area contributed by atoms with Crippen molar-refractivity contribution in [2.45, 2.75) is 44.8 Å². The van der Waals surface area contributed by atoms with E-state index < -0.39 is 44.6 Å². The fourth-order valence-corrected chi connectivity index (χ4v) is 4.75.